The molecule has 5 nitrogen and oxygen atoms in total. The highest BCUT2D eigenvalue weighted by Crippen LogP contribution is 2.37. The zero-order valence-electron chi connectivity index (χ0n) is 15.5. The zero-order valence-corrected chi connectivity index (χ0v) is 17.9. The molecule has 1 N–H and O–H groups in total. The number of aromatic nitrogens is 2. The van der Waals surface area contributed by atoms with Crippen molar-refractivity contribution in [3.05, 3.63) is 71.7 Å². The summed E-state index contributed by atoms with van der Waals surface area (Å²) in [5.74, 6) is 0. The first-order chi connectivity index (χ1) is 12.6. The van der Waals surface area contributed by atoms with Crippen molar-refractivity contribution >= 4 is 34.8 Å². The van der Waals surface area contributed by atoms with E-state index in [0.29, 0.717) is 6.54 Å². The van der Waals surface area contributed by atoms with Gasteiger partial charge in [0.25, 0.3) is 10.0 Å². The minimum Gasteiger partial charge on any atom is -0.316 e. The maximum atomic E-state index is 13.3. The fraction of sp³-hybridized carbons (Fsp3) is 0.250. The Labute approximate surface area is 178 Å². The van der Waals surface area contributed by atoms with Crippen molar-refractivity contribution in [3.8, 4) is 11.3 Å². The maximum absolute atomic E-state index is 13.3. The smallest absolute Gasteiger partial charge is 0.269 e. The summed E-state index contributed by atoms with van der Waals surface area (Å²) in [6.45, 7) is 0.639. The largest absolute Gasteiger partial charge is 0.316 e. The third kappa shape index (κ3) is 3.82. The summed E-state index contributed by atoms with van der Waals surface area (Å²) in [5, 5.41) is 3.16. The van der Waals surface area contributed by atoms with Gasteiger partial charge in [-0.25, -0.2) is 12.4 Å². The van der Waals surface area contributed by atoms with Gasteiger partial charge in [0.2, 0.25) is 0 Å². The van der Waals surface area contributed by atoms with Gasteiger partial charge in [-0.2, -0.15) is 0 Å². The van der Waals surface area contributed by atoms with Gasteiger partial charge in [0.15, 0.2) is 0 Å². The molecule has 0 amide bonds. The number of nitrogens with one attached hydrogen (secondary N) is 1. The number of aryl methyl sites for hydroxylation is 1. The molecule has 0 saturated heterocycles. The van der Waals surface area contributed by atoms with Gasteiger partial charge in [0.05, 0.1) is 5.69 Å². The van der Waals surface area contributed by atoms with Crippen LogP contribution in [-0.4, -0.2) is 24.4 Å². The molecule has 0 radical (unpaired) electrons. The molecule has 1 aromatic carbocycles. The average Bonchev–Trinajstić information content (AvgIpc) is 2.91. The molecule has 4 rings (SSSR count). The summed E-state index contributed by atoms with van der Waals surface area (Å²) in [7, 11) is -1.83. The summed E-state index contributed by atoms with van der Waals surface area (Å²) >= 11 is 0. The van der Waals surface area contributed by atoms with Gasteiger partial charge < -0.3 is 5.32 Å². The minimum atomic E-state index is -3.71. The van der Waals surface area contributed by atoms with E-state index >= 15 is 0 Å². The molecule has 2 aromatic heterocycles. The number of fused-ring (bicyclic) bond motifs is 3. The fourth-order valence-electron chi connectivity index (χ4n) is 3.70. The second-order valence-electron chi connectivity index (χ2n) is 6.51. The summed E-state index contributed by atoms with van der Waals surface area (Å²) in [5.41, 5.74) is 5.16. The number of pyridine rings is 1. The van der Waals surface area contributed by atoms with Gasteiger partial charge >= 0.3 is 0 Å². The average molecular weight is 440 g/mol. The lowest BCUT2D eigenvalue weighted by atomic mass is 10.0. The van der Waals surface area contributed by atoms with Crippen LogP contribution in [0.25, 0.3) is 11.3 Å². The second-order valence-corrected chi connectivity index (χ2v) is 8.33. The van der Waals surface area contributed by atoms with E-state index in [1.54, 1.807) is 24.5 Å². The quantitative estimate of drug-likeness (QED) is 0.670. The number of halogens is 2. The molecule has 8 heteroatoms. The van der Waals surface area contributed by atoms with Crippen LogP contribution in [0, 0.1) is 0 Å². The standard InChI is InChI=1S/C20H21N3O2S.2ClH/c1-21-12-16-14-23(26(24,25)17-8-5-11-22-13-17)20-18-9-3-2-6-15(18)7-4-10-19(16)20;;/h2-3,5-6,8-9,11,13-14,21H,4,7,10,12H2,1H3;2*1H. The van der Waals surface area contributed by atoms with Crippen LogP contribution in [0.5, 0.6) is 0 Å². The summed E-state index contributed by atoms with van der Waals surface area (Å²) in [6.07, 6.45) is 7.59. The van der Waals surface area contributed by atoms with E-state index in [-0.39, 0.29) is 29.7 Å². The molecule has 150 valence electrons. The third-order valence-corrected chi connectivity index (χ3v) is 6.51. The van der Waals surface area contributed by atoms with E-state index < -0.39 is 10.0 Å². The predicted octanol–water partition coefficient (Wildman–Crippen LogP) is 3.84. The molecule has 0 bridgehead atoms. The highest BCUT2D eigenvalue weighted by atomic mass is 35.5. The number of benzene rings is 1. The predicted molar refractivity (Wildman–Crippen MR) is 116 cm³/mol. The number of nitrogens with zero attached hydrogens (tertiary/aromatic N) is 2. The molecule has 0 saturated carbocycles. The van der Waals surface area contributed by atoms with E-state index in [2.05, 4.69) is 16.4 Å². The fourth-order valence-corrected chi connectivity index (χ4v) is 5.09. The maximum Gasteiger partial charge on any atom is 0.269 e. The summed E-state index contributed by atoms with van der Waals surface area (Å²) in [6, 6.07) is 11.3. The Kier molecular flexibility index (Phi) is 7.28. The van der Waals surface area contributed by atoms with Crippen LogP contribution in [0.4, 0.5) is 0 Å². The lowest BCUT2D eigenvalue weighted by Gasteiger charge is -2.13. The van der Waals surface area contributed by atoms with Crippen LogP contribution in [0.1, 0.15) is 23.1 Å². The normalized spacial score (nSPS) is 12.8. The number of rotatable bonds is 4. The van der Waals surface area contributed by atoms with Crippen molar-refractivity contribution in [1.82, 2.24) is 14.3 Å². The van der Waals surface area contributed by atoms with Crippen LogP contribution in [-0.2, 0) is 29.4 Å². The molecule has 0 unspecified atom stereocenters. The monoisotopic (exact) mass is 439 g/mol. The van der Waals surface area contributed by atoms with Crippen LogP contribution >= 0.6 is 24.8 Å². The molecule has 28 heavy (non-hydrogen) atoms. The van der Waals surface area contributed by atoms with Gasteiger partial charge in [-0.05, 0) is 55.1 Å². The minimum absolute atomic E-state index is 0. The van der Waals surface area contributed by atoms with E-state index in [1.165, 1.54) is 15.7 Å². The second kappa shape index (κ2) is 9.09. The Balaban J connectivity index is 0.00000140. The van der Waals surface area contributed by atoms with Gasteiger partial charge in [0, 0.05) is 30.7 Å². The van der Waals surface area contributed by atoms with E-state index in [1.807, 2.05) is 25.2 Å². The van der Waals surface area contributed by atoms with Gasteiger partial charge in [-0.1, -0.05) is 24.3 Å². The van der Waals surface area contributed by atoms with Gasteiger partial charge in [0.1, 0.15) is 4.90 Å². The van der Waals surface area contributed by atoms with Crippen molar-refractivity contribution in [3.63, 3.8) is 0 Å². The Morgan fingerprint density at radius 1 is 1.11 bits per heavy atom. The summed E-state index contributed by atoms with van der Waals surface area (Å²) in [4.78, 5) is 4.19. The summed E-state index contributed by atoms with van der Waals surface area (Å²) < 4.78 is 28.2. The van der Waals surface area contributed by atoms with Crippen LogP contribution in [0.15, 0.2) is 59.9 Å². The first kappa shape index (κ1) is 22.4. The Morgan fingerprint density at radius 3 is 2.61 bits per heavy atom. The zero-order chi connectivity index (χ0) is 18.1. The molecule has 1 aliphatic rings. The molecule has 0 atom stereocenters. The highest BCUT2D eigenvalue weighted by Gasteiger charge is 2.28. The van der Waals surface area contributed by atoms with Crippen LogP contribution in [0.2, 0.25) is 0 Å². The Morgan fingerprint density at radius 2 is 1.89 bits per heavy atom. The van der Waals surface area contributed by atoms with E-state index in [4.69, 9.17) is 0 Å². The van der Waals surface area contributed by atoms with Gasteiger partial charge in [-0.3, -0.25) is 4.98 Å². The van der Waals surface area contributed by atoms with Crippen molar-refractivity contribution < 1.29 is 8.42 Å². The molecular formula is C20H23Cl2N3O2S. The Hall–Kier alpha value is -1.86. The molecule has 0 aliphatic heterocycles. The van der Waals surface area contributed by atoms with E-state index in [9.17, 15) is 8.42 Å². The molecule has 0 spiro atoms. The molecule has 2 heterocycles. The van der Waals surface area contributed by atoms with Crippen LogP contribution in [0.3, 0.4) is 0 Å². The third-order valence-electron chi connectivity index (χ3n) is 4.87. The molecule has 3 aromatic rings. The van der Waals surface area contributed by atoms with Crippen molar-refractivity contribution in [2.45, 2.75) is 30.7 Å². The SMILES string of the molecule is CNCc1cn(S(=O)(=O)c2cccnc2)c2c1CCCc1ccccc1-2.Cl.Cl. The Bertz CT molecular complexity index is 1050. The lowest BCUT2D eigenvalue weighted by molar-refractivity contribution is 0.587. The molecule has 1 aliphatic carbocycles. The highest BCUT2D eigenvalue weighted by molar-refractivity contribution is 7.90. The van der Waals surface area contributed by atoms with Crippen molar-refractivity contribution in [2.24, 2.45) is 0 Å². The number of hydrogen-bond donors (Lipinski definition) is 1. The van der Waals surface area contributed by atoms with Crippen molar-refractivity contribution in [2.75, 3.05) is 7.05 Å². The van der Waals surface area contributed by atoms with Crippen molar-refractivity contribution in [1.29, 1.82) is 0 Å². The number of hydrogen-bond acceptors (Lipinski definition) is 4. The van der Waals surface area contributed by atoms with Gasteiger partial charge in [-0.15, -0.1) is 24.8 Å². The van der Waals surface area contributed by atoms with Crippen LogP contribution < -0.4 is 5.32 Å². The first-order valence-corrected chi connectivity index (χ1v) is 10.2. The first-order valence-electron chi connectivity index (χ1n) is 8.74. The lowest BCUT2D eigenvalue weighted by Crippen LogP contribution is -2.14. The molecular weight excluding hydrogens is 417 g/mol. The molecule has 0 fully saturated rings. The van der Waals surface area contributed by atoms with E-state index in [0.717, 1.165) is 41.6 Å². The topological polar surface area (TPSA) is 64.0 Å².